The number of fused-ring (bicyclic) bond motifs is 9. The lowest BCUT2D eigenvalue weighted by molar-refractivity contribution is 1.32. The molecule has 3 N–H and O–H groups in total. The molecule has 0 aliphatic carbocycles. The van der Waals surface area contributed by atoms with Gasteiger partial charge in [-0.05, 0) is 72.8 Å². The van der Waals surface area contributed by atoms with E-state index in [-0.39, 0.29) is 32.4 Å². The first-order valence-electron chi connectivity index (χ1n) is 16.4. The molecule has 9 heteroatoms. The summed E-state index contributed by atoms with van der Waals surface area (Å²) in [7, 11) is 0. The van der Waals surface area contributed by atoms with E-state index in [4.69, 9.17) is 0 Å². The molecule has 9 nitrogen and oxygen atoms in total. The van der Waals surface area contributed by atoms with E-state index in [2.05, 4.69) is 29.9 Å². The van der Waals surface area contributed by atoms with Crippen molar-refractivity contribution >= 4 is 65.4 Å². The number of H-pyrrole nitrogens is 3. The Morgan fingerprint density at radius 1 is 0.373 bits per heavy atom. The molecule has 0 saturated heterocycles. The average molecular weight is 661 g/mol. The molecule has 0 radical (unpaired) electrons. The lowest BCUT2D eigenvalue weighted by Gasteiger charge is -2.14. The molecule has 0 fully saturated rings. The van der Waals surface area contributed by atoms with E-state index >= 15 is 0 Å². The summed E-state index contributed by atoms with van der Waals surface area (Å²) in [6, 6.07) is 33.4. The maximum atomic E-state index is 14.6. The third kappa shape index (κ3) is 4.35. The largest absolute Gasteiger partial charge is 0.354 e. The zero-order valence-corrected chi connectivity index (χ0v) is 26.7. The third-order valence-electron chi connectivity index (χ3n) is 9.63. The molecule has 0 atom stereocenters. The van der Waals surface area contributed by atoms with Gasteiger partial charge in [-0.15, -0.1) is 0 Å². The van der Waals surface area contributed by atoms with Crippen molar-refractivity contribution in [1.82, 2.24) is 29.9 Å². The number of hydrogen-bond donors (Lipinski definition) is 3. The number of benzene rings is 4. The number of aromatic amines is 3. The van der Waals surface area contributed by atoms with Crippen LogP contribution in [0.15, 0.2) is 142 Å². The normalized spacial score (nSPS) is 11.8. The van der Waals surface area contributed by atoms with E-state index in [0.717, 1.165) is 33.8 Å². The number of nitrogens with one attached hydrogen (secondary N) is 3. The molecule has 0 aliphatic heterocycles. The molecule has 0 saturated carbocycles. The van der Waals surface area contributed by atoms with Crippen LogP contribution in [0.5, 0.6) is 0 Å². The van der Waals surface area contributed by atoms with E-state index in [1.165, 1.54) is 0 Å². The zero-order valence-electron chi connectivity index (χ0n) is 26.7. The predicted molar refractivity (Wildman–Crippen MR) is 203 cm³/mol. The smallest absolute Gasteiger partial charge is 0.199 e. The highest BCUT2D eigenvalue weighted by Crippen LogP contribution is 2.33. The minimum absolute atomic E-state index is 0.229. The van der Waals surface area contributed by atoms with Crippen molar-refractivity contribution in [2.24, 2.45) is 0 Å². The molecule has 4 aromatic carbocycles. The maximum absolute atomic E-state index is 14.6. The van der Waals surface area contributed by atoms with Gasteiger partial charge in [-0.1, -0.05) is 36.4 Å². The van der Waals surface area contributed by atoms with Crippen LogP contribution in [0.2, 0.25) is 0 Å². The van der Waals surface area contributed by atoms with Crippen molar-refractivity contribution in [2.45, 2.75) is 0 Å². The maximum Gasteiger partial charge on any atom is 0.199 e. The van der Waals surface area contributed by atoms with E-state index in [1.807, 2.05) is 91.0 Å². The monoisotopic (exact) mass is 660 g/mol. The van der Waals surface area contributed by atoms with Gasteiger partial charge in [-0.3, -0.25) is 29.3 Å². The number of pyridine rings is 6. The fourth-order valence-electron chi connectivity index (χ4n) is 7.23. The second-order valence-electron chi connectivity index (χ2n) is 12.5. The molecule has 6 heterocycles. The molecule has 0 unspecified atom stereocenters. The van der Waals surface area contributed by atoms with E-state index in [0.29, 0.717) is 49.3 Å². The fraction of sp³-hybridized carbons (Fsp3) is 0. The van der Waals surface area contributed by atoms with Crippen molar-refractivity contribution in [3.8, 4) is 33.8 Å². The first-order valence-corrected chi connectivity index (χ1v) is 16.4. The van der Waals surface area contributed by atoms with Crippen molar-refractivity contribution < 1.29 is 0 Å². The Kier molecular flexibility index (Phi) is 6.13. The van der Waals surface area contributed by atoms with Gasteiger partial charge in [-0.2, -0.15) is 0 Å². The van der Waals surface area contributed by atoms with Crippen LogP contribution in [0, 0.1) is 0 Å². The summed E-state index contributed by atoms with van der Waals surface area (Å²) in [5.74, 6) is 0. The highest BCUT2D eigenvalue weighted by atomic mass is 16.1. The first kappa shape index (κ1) is 28.7. The van der Waals surface area contributed by atoms with Crippen LogP contribution in [0.1, 0.15) is 0 Å². The molecule has 10 aromatic rings. The Balaban J connectivity index is 1.38. The van der Waals surface area contributed by atoms with Crippen LogP contribution < -0.4 is 16.3 Å². The van der Waals surface area contributed by atoms with Crippen LogP contribution >= 0.6 is 0 Å². The summed E-state index contributed by atoms with van der Waals surface area (Å²) < 4.78 is 0. The van der Waals surface area contributed by atoms with E-state index in [1.54, 1.807) is 36.8 Å². The predicted octanol–water partition coefficient (Wildman–Crippen LogP) is 7.86. The Hall–Kier alpha value is -7.26. The van der Waals surface area contributed by atoms with E-state index < -0.39 is 0 Å². The molecule has 240 valence electrons. The second kappa shape index (κ2) is 10.9. The van der Waals surface area contributed by atoms with Crippen molar-refractivity contribution in [1.29, 1.82) is 0 Å². The average Bonchev–Trinajstić information content (AvgIpc) is 3.18. The Bertz CT molecular complexity index is 2870. The minimum atomic E-state index is -0.306. The highest BCUT2D eigenvalue weighted by molar-refractivity contribution is 6.25. The van der Waals surface area contributed by atoms with Gasteiger partial charge in [0.25, 0.3) is 0 Å². The summed E-state index contributed by atoms with van der Waals surface area (Å²) in [6.07, 6.45) is 5.14. The van der Waals surface area contributed by atoms with Crippen LogP contribution in [0.4, 0.5) is 0 Å². The van der Waals surface area contributed by atoms with Crippen LogP contribution in [-0.2, 0) is 0 Å². The summed E-state index contributed by atoms with van der Waals surface area (Å²) in [6.45, 7) is 0. The van der Waals surface area contributed by atoms with Gasteiger partial charge in [0.2, 0.25) is 0 Å². The van der Waals surface area contributed by atoms with Crippen LogP contribution in [0.25, 0.3) is 99.2 Å². The van der Waals surface area contributed by atoms with E-state index in [9.17, 15) is 14.4 Å². The third-order valence-corrected chi connectivity index (χ3v) is 9.63. The minimum Gasteiger partial charge on any atom is -0.354 e. The van der Waals surface area contributed by atoms with Gasteiger partial charge in [-0.25, -0.2) is 0 Å². The number of rotatable bonds is 3. The molecule has 10 rings (SSSR count). The van der Waals surface area contributed by atoms with Crippen LogP contribution in [-0.4, -0.2) is 29.9 Å². The number of nitrogens with zero attached hydrogens (tertiary/aromatic N) is 3. The summed E-state index contributed by atoms with van der Waals surface area (Å²) in [5, 5.41) is 1.95. The molecule has 6 aromatic heterocycles. The summed E-state index contributed by atoms with van der Waals surface area (Å²) >= 11 is 0. The standard InChI is InChI=1S/C42H24N6O3/c49-40-25-13-10-22(28-7-1-4-16-43-28)19-31(25)46-37-34(40)38-36(42(51)27-15-12-24(21-33(27)47-38)30-9-3-6-18-45-30)39-35(37)41(50)26-14-11-23(20-32(26)48-39)29-8-2-5-17-44-29/h1-21H,(H,46,49)(H,47,51)(H,48,50). The quantitative estimate of drug-likeness (QED) is 0.130. The topological polar surface area (TPSA) is 137 Å². The Labute approximate surface area is 286 Å². The number of aromatic nitrogens is 6. The van der Waals surface area contributed by atoms with Crippen molar-refractivity contribution in [3.05, 3.63) is 158 Å². The van der Waals surface area contributed by atoms with Gasteiger partial charge in [0.15, 0.2) is 16.3 Å². The Morgan fingerprint density at radius 3 is 0.961 bits per heavy atom. The molecule has 0 spiro atoms. The lowest BCUT2D eigenvalue weighted by atomic mass is 9.97. The van der Waals surface area contributed by atoms with Gasteiger partial charge in [0.1, 0.15) is 0 Å². The second-order valence-corrected chi connectivity index (χ2v) is 12.5. The molecule has 0 bridgehead atoms. The molecular weight excluding hydrogens is 637 g/mol. The Morgan fingerprint density at radius 2 is 0.686 bits per heavy atom. The fourth-order valence-corrected chi connectivity index (χ4v) is 7.23. The lowest BCUT2D eigenvalue weighted by Crippen LogP contribution is -2.15. The molecule has 51 heavy (non-hydrogen) atoms. The zero-order chi connectivity index (χ0) is 34.2. The SMILES string of the molecule is O=c1c2ccc(-c3ccccn3)cc2[nH]c2c1c1[nH]c3cc(-c4ccccn4)ccc3c(=O)c1c1[nH]c3cc(-c4ccccn4)ccc3c(=O)c21. The van der Waals surface area contributed by atoms with Gasteiger partial charge in [0, 0.05) is 51.4 Å². The molecule has 0 aliphatic rings. The number of hydrogen-bond acceptors (Lipinski definition) is 6. The molecular formula is C42H24N6O3. The summed E-state index contributed by atoms with van der Waals surface area (Å²) in [5.41, 5.74) is 6.39. The molecule has 0 amide bonds. The van der Waals surface area contributed by atoms with Crippen molar-refractivity contribution in [3.63, 3.8) is 0 Å². The van der Waals surface area contributed by atoms with Gasteiger partial charge >= 0.3 is 0 Å². The first-order chi connectivity index (χ1) is 25.0. The highest BCUT2D eigenvalue weighted by Gasteiger charge is 2.22. The van der Waals surface area contributed by atoms with Crippen LogP contribution in [0.3, 0.4) is 0 Å². The van der Waals surface area contributed by atoms with Gasteiger partial charge in [0.05, 0.1) is 66.3 Å². The van der Waals surface area contributed by atoms with Gasteiger partial charge < -0.3 is 15.0 Å². The van der Waals surface area contributed by atoms with Crippen molar-refractivity contribution in [2.75, 3.05) is 0 Å². The summed E-state index contributed by atoms with van der Waals surface area (Å²) in [4.78, 5) is 67.7.